The number of terminal acetylenes is 1. The van der Waals surface area contributed by atoms with Gasteiger partial charge in [0.2, 0.25) is 0 Å². The predicted molar refractivity (Wildman–Crippen MR) is 56.7 cm³/mol. The second kappa shape index (κ2) is 5.71. The van der Waals surface area contributed by atoms with Crippen molar-refractivity contribution in [3.05, 3.63) is 29.8 Å². The van der Waals surface area contributed by atoms with Gasteiger partial charge in [0, 0.05) is 6.42 Å². The molecule has 78 valence electrons. The van der Waals surface area contributed by atoms with Gasteiger partial charge in [0.15, 0.2) is 0 Å². The van der Waals surface area contributed by atoms with E-state index < -0.39 is 0 Å². The van der Waals surface area contributed by atoms with Crippen molar-refractivity contribution in [1.82, 2.24) is 0 Å². The molecule has 0 spiro atoms. The lowest BCUT2D eigenvalue weighted by Gasteiger charge is -2.04. The van der Waals surface area contributed by atoms with Crippen molar-refractivity contribution >= 4 is 5.97 Å². The Morgan fingerprint density at radius 1 is 1.40 bits per heavy atom. The van der Waals surface area contributed by atoms with Gasteiger partial charge in [-0.25, -0.2) is 4.79 Å². The van der Waals surface area contributed by atoms with Crippen LogP contribution in [0.5, 0.6) is 5.75 Å². The summed E-state index contributed by atoms with van der Waals surface area (Å²) >= 11 is 0. The van der Waals surface area contributed by atoms with Crippen LogP contribution in [-0.2, 0) is 4.74 Å². The van der Waals surface area contributed by atoms with Crippen LogP contribution in [0.1, 0.15) is 16.8 Å². The van der Waals surface area contributed by atoms with Crippen LogP contribution in [0.15, 0.2) is 24.3 Å². The van der Waals surface area contributed by atoms with Crippen molar-refractivity contribution in [2.24, 2.45) is 0 Å². The smallest absolute Gasteiger partial charge is 0.337 e. The third-order valence-electron chi connectivity index (χ3n) is 1.79. The fraction of sp³-hybridized carbons (Fsp3) is 0.250. The zero-order chi connectivity index (χ0) is 11.1. The number of hydrogen-bond acceptors (Lipinski definition) is 3. The predicted octanol–water partition coefficient (Wildman–Crippen LogP) is 1.88. The number of carbonyl (C=O) groups is 1. The second-order valence-electron chi connectivity index (χ2n) is 2.82. The Hall–Kier alpha value is -1.95. The normalized spacial score (nSPS) is 9.07. The molecule has 0 heterocycles. The first-order valence-corrected chi connectivity index (χ1v) is 4.52. The summed E-state index contributed by atoms with van der Waals surface area (Å²) in [5.74, 6) is 2.81. The number of esters is 1. The van der Waals surface area contributed by atoms with Gasteiger partial charge < -0.3 is 9.47 Å². The van der Waals surface area contributed by atoms with E-state index in [1.807, 2.05) is 0 Å². The Labute approximate surface area is 89.0 Å². The zero-order valence-electron chi connectivity index (χ0n) is 8.53. The quantitative estimate of drug-likeness (QED) is 0.426. The molecule has 0 radical (unpaired) electrons. The van der Waals surface area contributed by atoms with Crippen LogP contribution in [0.25, 0.3) is 0 Å². The van der Waals surface area contributed by atoms with Crippen LogP contribution in [0.3, 0.4) is 0 Å². The number of hydrogen-bond donors (Lipinski definition) is 0. The summed E-state index contributed by atoms with van der Waals surface area (Å²) in [7, 11) is 1.35. The third-order valence-corrected chi connectivity index (χ3v) is 1.79. The van der Waals surface area contributed by atoms with E-state index in [2.05, 4.69) is 10.7 Å². The minimum absolute atomic E-state index is 0.356. The Morgan fingerprint density at radius 3 is 2.60 bits per heavy atom. The molecule has 0 amide bonds. The molecule has 0 aliphatic carbocycles. The number of benzene rings is 1. The molecule has 0 saturated heterocycles. The highest BCUT2D eigenvalue weighted by molar-refractivity contribution is 5.89. The maximum absolute atomic E-state index is 11.1. The Kier molecular flexibility index (Phi) is 4.24. The summed E-state index contributed by atoms with van der Waals surface area (Å²) in [5, 5.41) is 0. The Morgan fingerprint density at radius 2 is 2.07 bits per heavy atom. The largest absolute Gasteiger partial charge is 0.493 e. The topological polar surface area (TPSA) is 35.5 Å². The van der Waals surface area contributed by atoms with Gasteiger partial charge in [-0.15, -0.1) is 12.3 Å². The Balaban J connectivity index is 2.57. The molecule has 0 aliphatic rings. The highest BCUT2D eigenvalue weighted by Gasteiger charge is 2.03. The van der Waals surface area contributed by atoms with Crippen molar-refractivity contribution in [3.8, 4) is 18.1 Å². The summed E-state index contributed by atoms with van der Waals surface area (Å²) in [6, 6.07) is 6.72. The molecule has 1 aromatic carbocycles. The molecule has 0 N–H and O–H groups in total. The first-order valence-electron chi connectivity index (χ1n) is 4.52. The minimum Gasteiger partial charge on any atom is -0.493 e. The van der Waals surface area contributed by atoms with Gasteiger partial charge in [-0.1, -0.05) is 0 Å². The lowest BCUT2D eigenvalue weighted by molar-refractivity contribution is 0.0600. The molecular weight excluding hydrogens is 192 g/mol. The van der Waals surface area contributed by atoms with E-state index in [0.29, 0.717) is 24.3 Å². The number of carbonyl (C=O) groups excluding carboxylic acids is 1. The molecule has 0 aromatic heterocycles. The van der Waals surface area contributed by atoms with E-state index >= 15 is 0 Å². The van der Waals surface area contributed by atoms with Gasteiger partial charge >= 0.3 is 5.97 Å². The molecule has 3 nitrogen and oxygen atoms in total. The number of methoxy groups -OCH3 is 1. The van der Waals surface area contributed by atoms with Gasteiger partial charge in [0.1, 0.15) is 5.75 Å². The first-order chi connectivity index (χ1) is 7.27. The molecule has 15 heavy (non-hydrogen) atoms. The molecule has 0 bridgehead atoms. The summed E-state index contributed by atoms with van der Waals surface area (Å²) < 4.78 is 9.89. The molecule has 0 aliphatic heterocycles. The van der Waals surface area contributed by atoms with Crippen molar-refractivity contribution < 1.29 is 14.3 Å². The third kappa shape index (κ3) is 3.35. The van der Waals surface area contributed by atoms with Gasteiger partial charge in [-0.3, -0.25) is 0 Å². The van der Waals surface area contributed by atoms with Crippen molar-refractivity contribution in [3.63, 3.8) is 0 Å². The second-order valence-corrected chi connectivity index (χ2v) is 2.82. The summed E-state index contributed by atoms with van der Waals surface area (Å²) in [6.07, 6.45) is 5.65. The van der Waals surface area contributed by atoms with Crippen molar-refractivity contribution in [2.75, 3.05) is 13.7 Å². The van der Waals surface area contributed by atoms with E-state index in [0.717, 1.165) is 0 Å². The number of ether oxygens (including phenoxy) is 2. The van der Waals surface area contributed by atoms with E-state index in [9.17, 15) is 4.79 Å². The average Bonchev–Trinajstić information content (AvgIpc) is 2.29. The minimum atomic E-state index is -0.356. The lowest BCUT2D eigenvalue weighted by atomic mass is 10.2. The lowest BCUT2D eigenvalue weighted by Crippen LogP contribution is -2.01. The standard InChI is InChI=1S/C12H12O3/c1-3-4-9-15-11-7-5-10(6-8-11)12(13)14-2/h1,5-8H,4,9H2,2H3. The van der Waals surface area contributed by atoms with Crippen molar-refractivity contribution in [2.45, 2.75) is 6.42 Å². The van der Waals surface area contributed by atoms with E-state index in [-0.39, 0.29) is 5.97 Å². The van der Waals surface area contributed by atoms with E-state index in [1.54, 1.807) is 24.3 Å². The first kappa shape index (κ1) is 11.1. The molecule has 0 saturated carbocycles. The van der Waals surface area contributed by atoms with Crippen LogP contribution < -0.4 is 4.74 Å². The van der Waals surface area contributed by atoms with Crippen LogP contribution >= 0.6 is 0 Å². The SMILES string of the molecule is C#CCCOc1ccc(C(=O)OC)cc1. The molecule has 0 unspecified atom stereocenters. The Bertz CT molecular complexity index is 359. The monoisotopic (exact) mass is 204 g/mol. The average molecular weight is 204 g/mol. The summed E-state index contributed by atoms with van der Waals surface area (Å²) in [6.45, 7) is 0.480. The van der Waals surface area contributed by atoms with Crippen LogP contribution in [-0.4, -0.2) is 19.7 Å². The molecule has 3 heteroatoms. The molecular formula is C12H12O3. The van der Waals surface area contributed by atoms with Crippen LogP contribution in [0.2, 0.25) is 0 Å². The van der Waals surface area contributed by atoms with Crippen molar-refractivity contribution in [1.29, 1.82) is 0 Å². The van der Waals surface area contributed by atoms with Gasteiger partial charge in [-0.2, -0.15) is 0 Å². The maximum atomic E-state index is 11.1. The maximum Gasteiger partial charge on any atom is 0.337 e. The fourth-order valence-electron chi connectivity index (χ4n) is 1.03. The molecule has 0 fully saturated rings. The zero-order valence-corrected chi connectivity index (χ0v) is 8.53. The molecule has 1 aromatic rings. The molecule has 1 rings (SSSR count). The van der Waals surface area contributed by atoms with Crippen LogP contribution in [0.4, 0.5) is 0 Å². The summed E-state index contributed by atoms with van der Waals surface area (Å²) in [4.78, 5) is 11.1. The fourth-order valence-corrected chi connectivity index (χ4v) is 1.03. The number of rotatable bonds is 4. The van der Waals surface area contributed by atoms with Crippen LogP contribution in [0, 0.1) is 12.3 Å². The van der Waals surface area contributed by atoms with E-state index in [4.69, 9.17) is 11.2 Å². The van der Waals surface area contributed by atoms with Gasteiger partial charge in [0.05, 0.1) is 19.3 Å². The van der Waals surface area contributed by atoms with Gasteiger partial charge in [-0.05, 0) is 24.3 Å². The highest BCUT2D eigenvalue weighted by atomic mass is 16.5. The van der Waals surface area contributed by atoms with Gasteiger partial charge in [0.25, 0.3) is 0 Å². The molecule has 0 atom stereocenters. The van der Waals surface area contributed by atoms with E-state index in [1.165, 1.54) is 7.11 Å². The highest BCUT2D eigenvalue weighted by Crippen LogP contribution is 2.12. The summed E-state index contributed by atoms with van der Waals surface area (Å²) in [5.41, 5.74) is 0.502.